The minimum atomic E-state index is -0.597. The lowest BCUT2D eigenvalue weighted by Gasteiger charge is -2.38. The Hall–Kier alpha value is -4.39. The molecule has 0 radical (unpaired) electrons. The van der Waals surface area contributed by atoms with Gasteiger partial charge in [0.25, 0.3) is 0 Å². The highest BCUT2D eigenvalue weighted by Gasteiger charge is 2.47. The molecule has 7 heteroatoms. The molecule has 1 saturated carbocycles. The van der Waals surface area contributed by atoms with Gasteiger partial charge in [-0.15, -0.1) is 0 Å². The first-order chi connectivity index (χ1) is 19.4. The highest BCUT2D eigenvalue weighted by Crippen LogP contribution is 2.48. The third kappa shape index (κ3) is 5.37. The SMILES string of the molecule is COc1ccc(C2CC(=O)C3C(=NC(C)=C(C(=O)OCc4ccccc4)C3c3ccc(OC)cc3OC)C2)cc1. The zero-order valence-corrected chi connectivity index (χ0v) is 23.2. The number of esters is 1. The summed E-state index contributed by atoms with van der Waals surface area (Å²) in [6.07, 6.45) is 0.956. The van der Waals surface area contributed by atoms with Crippen LogP contribution in [-0.2, 0) is 20.9 Å². The quantitative estimate of drug-likeness (QED) is 0.325. The van der Waals surface area contributed by atoms with Crippen LogP contribution in [-0.4, -0.2) is 38.8 Å². The Morgan fingerprint density at radius 1 is 0.850 bits per heavy atom. The van der Waals surface area contributed by atoms with Crippen LogP contribution in [0.5, 0.6) is 17.2 Å². The molecule has 3 unspecified atom stereocenters. The molecule has 1 fully saturated rings. The average Bonchev–Trinajstić information content (AvgIpc) is 2.99. The van der Waals surface area contributed by atoms with Crippen LogP contribution in [0, 0.1) is 5.92 Å². The maximum atomic E-state index is 14.0. The van der Waals surface area contributed by atoms with Crippen molar-refractivity contribution in [3.63, 3.8) is 0 Å². The van der Waals surface area contributed by atoms with Gasteiger partial charge in [0.15, 0.2) is 0 Å². The number of rotatable bonds is 8. The molecule has 7 nitrogen and oxygen atoms in total. The summed E-state index contributed by atoms with van der Waals surface area (Å²) in [6, 6.07) is 22.8. The van der Waals surface area contributed by atoms with E-state index in [1.165, 1.54) is 0 Å². The third-order valence-corrected chi connectivity index (χ3v) is 7.75. The lowest BCUT2D eigenvalue weighted by atomic mass is 9.66. The van der Waals surface area contributed by atoms with Crippen molar-refractivity contribution < 1.29 is 28.5 Å². The molecule has 1 heterocycles. The Balaban J connectivity index is 1.55. The van der Waals surface area contributed by atoms with Gasteiger partial charge in [0.05, 0.1) is 32.8 Å². The molecule has 0 amide bonds. The molecule has 3 atom stereocenters. The number of methoxy groups -OCH3 is 3. The standard InChI is InChI=1S/C33H33NO6/c1-20-30(33(36)40-19-21-8-6-5-7-9-21)31(26-15-14-25(38-3)18-29(26)39-4)32-27(34-20)16-23(17-28(32)35)22-10-12-24(37-2)13-11-22/h5-15,18,23,31-32H,16-17,19H2,1-4H3. The fourth-order valence-corrected chi connectivity index (χ4v) is 5.77. The lowest BCUT2D eigenvalue weighted by Crippen LogP contribution is -2.41. The molecule has 0 saturated heterocycles. The van der Waals surface area contributed by atoms with E-state index in [9.17, 15) is 9.59 Å². The monoisotopic (exact) mass is 539 g/mol. The van der Waals surface area contributed by atoms with Crippen molar-refractivity contribution in [2.75, 3.05) is 21.3 Å². The molecular weight excluding hydrogens is 506 g/mol. The van der Waals surface area contributed by atoms with Crippen LogP contribution in [0.15, 0.2) is 89.1 Å². The van der Waals surface area contributed by atoms with Crippen LogP contribution in [0.25, 0.3) is 0 Å². The van der Waals surface area contributed by atoms with Crippen LogP contribution < -0.4 is 14.2 Å². The van der Waals surface area contributed by atoms with Crippen molar-refractivity contribution in [1.82, 2.24) is 0 Å². The van der Waals surface area contributed by atoms with Crippen LogP contribution >= 0.6 is 0 Å². The third-order valence-electron chi connectivity index (χ3n) is 7.75. The maximum absolute atomic E-state index is 14.0. The number of aliphatic imine (C=N–C) groups is 1. The molecule has 206 valence electrons. The Kier molecular flexibility index (Phi) is 8.01. The van der Waals surface area contributed by atoms with Crippen LogP contribution in [0.3, 0.4) is 0 Å². The van der Waals surface area contributed by atoms with E-state index in [4.69, 9.17) is 23.9 Å². The van der Waals surface area contributed by atoms with E-state index in [0.717, 1.165) is 28.2 Å². The fourth-order valence-electron chi connectivity index (χ4n) is 5.77. The average molecular weight is 540 g/mol. The number of carbonyl (C=O) groups is 2. The van der Waals surface area contributed by atoms with Crippen LogP contribution in [0.2, 0.25) is 0 Å². The minimum Gasteiger partial charge on any atom is -0.497 e. The second-order valence-corrected chi connectivity index (χ2v) is 10.1. The summed E-state index contributed by atoms with van der Waals surface area (Å²) >= 11 is 0. The molecule has 3 aromatic carbocycles. The van der Waals surface area contributed by atoms with Gasteiger partial charge in [-0.3, -0.25) is 9.79 Å². The zero-order chi connectivity index (χ0) is 28.2. The van der Waals surface area contributed by atoms with Crippen LogP contribution in [0.4, 0.5) is 0 Å². The summed E-state index contributed by atoms with van der Waals surface area (Å²) < 4.78 is 22.2. The molecule has 40 heavy (non-hydrogen) atoms. The minimum absolute atomic E-state index is 0.00815. The van der Waals surface area contributed by atoms with Crippen molar-refractivity contribution in [3.05, 3.63) is 101 Å². The zero-order valence-electron chi connectivity index (χ0n) is 23.2. The van der Waals surface area contributed by atoms with E-state index in [0.29, 0.717) is 35.6 Å². The number of fused-ring (bicyclic) bond motifs is 1. The summed E-state index contributed by atoms with van der Waals surface area (Å²) in [4.78, 5) is 32.5. The van der Waals surface area contributed by atoms with E-state index in [1.807, 2.05) is 73.7 Å². The van der Waals surface area contributed by atoms with Gasteiger partial charge < -0.3 is 18.9 Å². The van der Waals surface area contributed by atoms with E-state index in [1.54, 1.807) is 27.4 Å². The first kappa shape index (κ1) is 27.2. The van der Waals surface area contributed by atoms with Crippen molar-refractivity contribution in [2.45, 2.75) is 38.2 Å². The van der Waals surface area contributed by atoms with Gasteiger partial charge in [-0.05, 0) is 48.6 Å². The van der Waals surface area contributed by atoms with Crippen molar-refractivity contribution >= 4 is 17.5 Å². The second-order valence-electron chi connectivity index (χ2n) is 10.1. The van der Waals surface area contributed by atoms with E-state index < -0.39 is 17.8 Å². The summed E-state index contributed by atoms with van der Waals surface area (Å²) in [6.45, 7) is 1.93. The molecular formula is C33H33NO6. The lowest BCUT2D eigenvalue weighted by molar-refractivity contribution is -0.140. The molecule has 1 aliphatic heterocycles. The number of benzene rings is 3. The number of Topliss-reactive ketones (excluding diaryl/α,β-unsaturated/α-hetero) is 1. The first-order valence-corrected chi connectivity index (χ1v) is 13.3. The van der Waals surface area contributed by atoms with Gasteiger partial charge in [-0.2, -0.15) is 0 Å². The molecule has 0 spiro atoms. The topological polar surface area (TPSA) is 83.4 Å². The van der Waals surface area contributed by atoms with Gasteiger partial charge in [-0.25, -0.2) is 4.79 Å². The van der Waals surface area contributed by atoms with Gasteiger partial charge in [0.1, 0.15) is 29.6 Å². The predicted molar refractivity (Wildman–Crippen MR) is 152 cm³/mol. The molecule has 0 N–H and O–H groups in total. The second kappa shape index (κ2) is 11.8. The molecule has 1 aliphatic carbocycles. The summed E-state index contributed by atoms with van der Waals surface area (Å²) in [7, 11) is 4.79. The van der Waals surface area contributed by atoms with Gasteiger partial charge in [-0.1, -0.05) is 48.5 Å². The Morgan fingerprint density at radius 3 is 2.23 bits per heavy atom. The Bertz CT molecular complexity index is 1460. The first-order valence-electron chi connectivity index (χ1n) is 13.3. The fraction of sp³-hybridized carbons (Fsp3) is 0.303. The molecule has 2 aliphatic rings. The molecule has 5 rings (SSSR count). The molecule has 0 bridgehead atoms. The largest absolute Gasteiger partial charge is 0.497 e. The van der Waals surface area contributed by atoms with Gasteiger partial charge >= 0.3 is 5.97 Å². The summed E-state index contributed by atoms with van der Waals surface area (Å²) in [5.74, 6) is 0.270. The highest BCUT2D eigenvalue weighted by atomic mass is 16.5. The molecule has 3 aromatic rings. The Labute approximate surface area is 234 Å². The highest BCUT2D eigenvalue weighted by molar-refractivity contribution is 6.12. The number of hydrogen-bond acceptors (Lipinski definition) is 7. The molecule has 0 aromatic heterocycles. The number of ketones is 1. The predicted octanol–water partition coefficient (Wildman–Crippen LogP) is 6.03. The van der Waals surface area contributed by atoms with Crippen molar-refractivity contribution in [3.8, 4) is 17.2 Å². The number of carbonyl (C=O) groups excluding carboxylic acids is 2. The van der Waals surface area contributed by atoms with E-state index in [2.05, 4.69) is 0 Å². The number of ether oxygens (including phenoxy) is 4. The van der Waals surface area contributed by atoms with E-state index >= 15 is 0 Å². The number of hydrogen-bond donors (Lipinski definition) is 0. The summed E-state index contributed by atoms with van der Waals surface area (Å²) in [5.41, 5.74) is 4.37. The van der Waals surface area contributed by atoms with Crippen molar-refractivity contribution in [1.29, 1.82) is 0 Å². The van der Waals surface area contributed by atoms with Gasteiger partial charge in [0, 0.05) is 35.4 Å². The van der Waals surface area contributed by atoms with Crippen molar-refractivity contribution in [2.24, 2.45) is 10.9 Å². The van der Waals surface area contributed by atoms with Gasteiger partial charge in [0.2, 0.25) is 0 Å². The summed E-state index contributed by atoms with van der Waals surface area (Å²) in [5, 5.41) is 0. The maximum Gasteiger partial charge on any atom is 0.336 e. The van der Waals surface area contributed by atoms with E-state index in [-0.39, 0.29) is 18.3 Å². The Morgan fingerprint density at radius 2 is 1.55 bits per heavy atom. The number of nitrogens with zero attached hydrogens (tertiary/aromatic N) is 1. The normalized spacial score (nSPS) is 20.4. The smallest absolute Gasteiger partial charge is 0.336 e. The number of allylic oxidation sites excluding steroid dienone is 1. The van der Waals surface area contributed by atoms with Crippen LogP contribution in [0.1, 0.15) is 48.3 Å².